The van der Waals surface area contributed by atoms with Gasteiger partial charge < -0.3 is 9.47 Å². The number of aliphatic imine (C=N–C) groups is 1. The highest BCUT2D eigenvalue weighted by Crippen LogP contribution is 2.17. The maximum absolute atomic E-state index is 4.38. The van der Waals surface area contributed by atoms with E-state index in [0.29, 0.717) is 0 Å². The molecular weight excluding hydrogens is 212 g/mol. The van der Waals surface area contributed by atoms with Gasteiger partial charge in [-0.2, -0.15) is 0 Å². The van der Waals surface area contributed by atoms with Gasteiger partial charge in [0.05, 0.1) is 11.9 Å². The summed E-state index contributed by atoms with van der Waals surface area (Å²) in [6.45, 7) is 0. The molecule has 0 aliphatic rings. The van der Waals surface area contributed by atoms with E-state index in [1.54, 1.807) is 12.4 Å². The Hall–Kier alpha value is -2.10. The molecule has 0 bridgehead atoms. The highest BCUT2D eigenvalue weighted by molar-refractivity contribution is 5.77. The first-order valence-corrected chi connectivity index (χ1v) is 5.45. The summed E-state index contributed by atoms with van der Waals surface area (Å²) in [5.41, 5.74) is 2.10. The van der Waals surface area contributed by atoms with Crippen LogP contribution in [0.2, 0.25) is 0 Å². The molecule has 0 saturated carbocycles. The van der Waals surface area contributed by atoms with Gasteiger partial charge in [-0.05, 0) is 24.3 Å². The molecule has 0 saturated heterocycles. The number of anilines is 1. The van der Waals surface area contributed by atoms with Gasteiger partial charge >= 0.3 is 0 Å². The zero-order valence-corrected chi connectivity index (χ0v) is 10.3. The molecular formula is C13H16N4. The van der Waals surface area contributed by atoms with Crippen molar-refractivity contribution < 1.29 is 0 Å². The van der Waals surface area contributed by atoms with Crippen LogP contribution in [0.15, 0.2) is 41.7 Å². The van der Waals surface area contributed by atoms with Gasteiger partial charge in [-0.15, -0.1) is 0 Å². The predicted octanol–water partition coefficient (Wildman–Crippen LogP) is 2.24. The zero-order valence-electron chi connectivity index (χ0n) is 10.3. The summed E-state index contributed by atoms with van der Waals surface area (Å²) in [4.78, 5) is 10.6. The van der Waals surface area contributed by atoms with E-state index in [-0.39, 0.29) is 0 Å². The van der Waals surface area contributed by atoms with Crippen LogP contribution in [-0.4, -0.2) is 29.9 Å². The van der Waals surface area contributed by atoms with Gasteiger partial charge in [0, 0.05) is 39.2 Å². The Balaban J connectivity index is 2.14. The summed E-state index contributed by atoms with van der Waals surface area (Å²) in [6, 6.07) is 8.08. The lowest BCUT2D eigenvalue weighted by atomic mass is 10.3. The molecule has 1 heterocycles. The van der Waals surface area contributed by atoms with Crippen molar-refractivity contribution in [3.63, 3.8) is 0 Å². The average Bonchev–Trinajstić information content (AvgIpc) is 2.73. The molecule has 2 aromatic rings. The van der Waals surface area contributed by atoms with E-state index in [4.69, 9.17) is 0 Å². The molecule has 0 radical (unpaired) electrons. The lowest BCUT2D eigenvalue weighted by Gasteiger charge is -2.11. The van der Waals surface area contributed by atoms with Gasteiger partial charge in [-0.1, -0.05) is 0 Å². The van der Waals surface area contributed by atoms with Gasteiger partial charge in [0.2, 0.25) is 0 Å². The van der Waals surface area contributed by atoms with Crippen molar-refractivity contribution in [2.45, 2.75) is 0 Å². The van der Waals surface area contributed by atoms with Crippen LogP contribution in [0.4, 0.5) is 11.4 Å². The molecule has 88 valence electrons. The highest BCUT2D eigenvalue weighted by atomic mass is 15.1. The number of imidazole rings is 1. The monoisotopic (exact) mass is 228 g/mol. The van der Waals surface area contributed by atoms with E-state index in [1.165, 1.54) is 5.69 Å². The Morgan fingerprint density at radius 3 is 2.47 bits per heavy atom. The molecule has 0 N–H and O–H groups in total. The molecule has 0 fully saturated rings. The highest BCUT2D eigenvalue weighted by Gasteiger charge is 1.96. The third kappa shape index (κ3) is 2.72. The number of nitrogens with zero attached hydrogens (tertiary/aromatic N) is 4. The third-order valence-electron chi connectivity index (χ3n) is 2.55. The number of rotatable bonds is 3. The second-order valence-corrected chi connectivity index (χ2v) is 4.07. The van der Waals surface area contributed by atoms with Crippen LogP contribution < -0.4 is 4.90 Å². The fraction of sp³-hybridized carbons (Fsp3) is 0.231. The zero-order chi connectivity index (χ0) is 12.3. The molecule has 4 nitrogen and oxygen atoms in total. The van der Waals surface area contributed by atoms with E-state index >= 15 is 0 Å². The van der Waals surface area contributed by atoms with Gasteiger partial charge in [-0.25, -0.2) is 4.98 Å². The molecule has 0 spiro atoms. The van der Waals surface area contributed by atoms with Crippen LogP contribution in [0.25, 0.3) is 0 Å². The molecule has 1 aromatic carbocycles. The third-order valence-corrected chi connectivity index (χ3v) is 2.55. The molecule has 4 heteroatoms. The Morgan fingerprint density at radius 1 is 1.24 bits per heavy atom. The van der Waals surface area contributed by atoms with Crippen LogP contribution in [0.3, 0.4) is 0 Å². The smallest absolute Gasteiger partial charge is 0.150 e. The average molecular weight is 228 g/mol. The quantitative estimate of drug-likeness (QED) is 0.755. The van der Waals surface area contributed by atoms with Crippen LogP contribution in [0.1, 0.15) is 5.82 Å². The van der Waals surface area contributed by atoms with Crippen LogP contribution in [0.5, 0.6) is 0 Å². The van der Waals surface area contributed by atoms with E-state index in [0.717, 1.165) is 11.5 Å². The minimum absolute atomic E-state index is 0.849. The van der Waals surface area contributed by atoms with Crippen molar-refractivity contribution in [2.24, 2.45) is 12.0 Å². The van der Waals surface area contributed by atoms with Crippen molar-refractivity contribution >= 4 is 17.6 Å². The molecule has 0 amide bonds. The van der Waals surface area contributed by atoms with Crippen molar-refractivity contribution in [1.82, 2.24) is 9.55 Å². The maximum Gasteiger partial charge on any atom is 0.150 e. The first-order chi connectivity index (χ1) is 8.16. The van der Waals surface area contributed by atoms with E-state index in [9.17, 15) is 0 Å². The fourth-order valence-electron chi connectivity index (χ4n) is 1.47. The molecule has 0 aliphatic carbocycles. The molecule has 0 aliphatic heterocycles. The van der Waals surface area contributed by atoms with Crippen molar-refractivity contribution in [2.75, 3.05) is 19.0 Å². The maximum atomic E-state index is 4.38. The van der Waals surface area contributed by atoms with Crippen LogP contribution >= 0.6 is 0 Å². The Bertz CT molecular complexity index is 508. The van der Waals surface area contributed by atoms with Gasteiger partial charge in [0.25, 0.3) is 0 Å². The Labute approximate surface area is 101 Å². The summed E-state index contributed by atoms with van der Waals surface area (Å²) < 4.78 is 1.93. The summed E-state index contributed by atoms with van der Waals surface area (Å²) in [7, 11) is 5.99. The van der Waals surface area contributed by atoms with Gasteiger partial charge in [0.1, 0.15) is 0 Å². The first-order valence-electron chi connectivity index (χ1n) is 5.45. The number of aryl methyl sites for hydroxylation is 1. The van der Waals surface area contributed by atoms with Crippen molar-refractivity contribution in [3.05, 3.63) is 42.5 Å². The summed E-state index contributed by atoms with van der Waals surface area (Å²) in [5, 5.41) is 0. The van der Waals surface area contributed by atoms with E-state index < -0.39 is 0 Å². The molecule has 0 unspecified atom stereocenters. The lowest BCUT2D eigenvalue weighted by molar-refractivity contribution is 0.902. The minimum Gasteiger partial charge on any atom is -0.378 e. The van der Waals surface area contributed by atoms with Crippen molar-refractivity contribution in [1.29, 1.82) is 0 Å². The summed E-state index contributed by atoms with van der Waals surface area (Å²) in [6.07, 6.45) is 5.43. The van der Waals surface area contributed by atoms with Crippen LogP contribution in [0, 0.1) is 0 Å². The molecule has 1 aromatic heterocycles. The normalized spacial score (nSPS) is 11.0. The number of hydrogen-bond acceptors (Lipinski definition) is 3. The molecule has 17 heavy (non-hydrogen) atoms. The van der Waals surface area contributed by atoms with Crippen LogP contribution in [-0.2, 0) is 7.05 Å². The number of benzene rings is 1. The second kappa shape index (κ2) is 4.82. The van der Waals surface area contributed by atoms with E-state index in [2.05, 4.69) is 14.9 Å². The molecule has 0 atom stereocenters. The Kier molecular flexibility index (Phi) is 3.23. The van der Waals surface area contributed by atoms with Crippen molar-refractivity contribution in [3.8, 4) is 0 Å². The lowest BCUT2D eigenvalue weighted by Crippen LogP contribution is -2.07. The van der Waals surface area contributed by atoms with E-state index in [1.807, 2.05) is 56.2 Å². The molecule has 2 rings (SSSR count). The Morgan fingerprint density at radius 2 is 1.94 bits per heavy atom. The van der Waals surface area contributed by atoms with Gasteiger partial charge in [-0.3, -0.25) is 4.99 Å². The van der Waals surface area contributed by atoms with Gasteiger partial charge in [0.15, 0.2) is 5.82 Å². The number of hydrogen-bond donors (Lipinski definition) is 0. The SMILES string of the molecule is CN(C)c1ccc(/N=C/c2nccn2C)cc1. The fourth-order valence-corrected chi connectivity index (χ4v) is 1.47. The predicted molar refractivity (Wildman–Crippen MR) is 71.2 cm³/mol. The first kappa shape index (κ1) is 11.4. The topological polar surface area (TPSA) is 33.4 Å². The summed E-state index contributed by atoms with van der Waals surface area (Å²) in [5.74, 6) is 0.849. The number of aromatic nitrogens is 2. The standard InChI is InChI=1S/C13H16N4/c1-16(2)12-6-4-11(5-7-12)15-10-13-14-8-9-17(13)3/h4-10H,1-3H3/b15-10+. The second-order valence-electron chi connectivity index (χ2n) is 4.07. The summed E-state index contributed by atoms with van der Waals surface area (Å²) >= 11 is 0. The largest absolute Gasteiger partial charge is 0.378 e. The minimum atomic E-state index is 0.849.